The summed E-state index contributed by atoms with van der Waals surface area (Å²) in [5.74, 6) is 0.719. The Kier molecular flexibility index (Phi) is 4.63. The number of hydrogen-bond donors (Lipinski definition) is 3. The van der Waals surface area contributed by atoms with Gasteiger partial charge in [0.05, 0.1) is 15.7 Å². The third-order valence-electron chi connectivity index (χ3n) is 3.02. The van der Waals surface area contributed by atoms with E-state index in [0.29, 0.717) is 17.4 Å². The number of carbonyl (C=O) groups is 1. The van der Waals surface area contributed by atoms with Crippen LogP contribution in [0.25, 0.3) is 11.6 Å². The Bertz CT molecular complexity index is 840. The van der Waals surface area contributed by atoms with E-state index >= 15 is 0 Å². The fraction of sp³-hybridized carbons (Fsp3) is 0.154. The second-order valence-electron chi connectivity index (χ2n) is 4.75. The molecule has 0 fully saturated rings. The van der Waals surface area contributed by atoms with E-state index in [1.54, 1.807) is 0 Å². The van der Waals surface area contributed by atoms with Gasteiger partial charge in [0.25, 0.3) is 0 Å². The molecule has 3 rings (SSSR count). The fourth-order valence-electron chi connectivity index (χ4n) is 1.87. The van der Waals surface area contributed by atoms with Crippen molar-refractivity contribution >= 4 is 40.5 Å². The number of nitrogens with two attached hydrogens (primary N) is 1. The molecule has 0 aliphatic carbocycles. The van der Waals surface area contributed by atoms with E-state index in [2.05, 4.69) is 30.6 Å². The molecular formula is C13H11Cl2N7O2. The van der Waals surface area contributed by atoms with Crippen LogP contribution in [-0.2, 0) is 11.2 Å². The van der Waals surface area contributed by atoms with E-state index in [1.807, 2.05) is 0 Å². The van der Waals surface area contributed by atoms with E-state index in [4.69, 9.17) is 33.5 Å². The highest BCUT2D eigenvalue weighted by Crippen LogP contribution is 2.31. The zero-order valence-electron chi connectivity index (χ0n) is 12.1. The van der Waals surface area contributed by atoms with Crippen LogP contribution in [0.1, 0.15) is 12.3 Å². The molecule has 0 spiro atoms. The van der Waals surface area contributed by atoms with Gasteiger partial charge in [-0.25, -0.2) is 4.98 Å². The zero-order chi connectivity index (χ0) is 17.1. The average Bonchev–Trinajstić information content (AvgIpc) is 3.21. The number of aryl methyl sites for hydroxylation is 1. The summed E-state index contributed by atoms with van der Waals surface area (Å²) >= 11 is 11.8. The molecule has 2 heterocycles. The van der Waals surface area contributed by atoms with Crippen LogP contribution in [-0.4, -0.2) is 31.2 Å². The normalized spacial score (nSPS) is 10.8. The SMILES string of the molecule is Nc1c(Cl)cc(NC(=O)CCc2nc(-c3ncn[nH]3)no2)cc1Cl. The molecule has 0 bridgehead atoms. The number of nitrogens with one attached hydrogen (secondary N) is 2. The number of rotatable bonds is 5. The van der Waals surface area contributed by atoms with Gasteiger partial charge in [0.1, 0.15) is 6.33 Å². The van der Waals surface area contributed by atoms with Gasteiger partial charge in [0, 0.05) is 18.5 Å². The number of aromatic nitrogens is 5. The Morgan fingerprint density at radius 1 is 1.33 bits per heavy atom. The van der Waals surface area contributed by atoms with Crippen LogP contribution in [0.3, 0.4) is 0 Å². The summed E-state index contributed by atoms with van der Waals surface area (Å²) < 4.78 is 5.06. The monoisotopic (exact) mass is 367 g/mol. The molecular weight excluding hydrogens is 357 g/mol. The molecule has 24 heavy (non-hydrogen) atoms. The maximum absolute atomic E-state index is 12.0. The molecule has 11 heteroatoms. The van der Waals surface area contributed by atoms with Crippen molar-refractivity contribution in [2.45, 2.75) is 12.8 Å². The third-order valence-corrected chi connectivity index (χ3v) is 3.65. The molecule has 3 aromatic rings. The summed E-state index contributed by atoms with van der Waals surface area (Å²) in [5.41, 5.74) is 6.36. The number of aromatic amines is 1. The van der Waals surface area contributed by atoms with Crippen LogP contribution in [0, 0.1) is 0 Å². The van der Waals surface area contributed by atoms with Crippen LogP contribution < -0.4 is 11.1 Å². The molecule has 1 aromatic carbocycles. The minimum absolute atomic E-state index is 0.137. The molecule has 0 radical (unpaired) electrons. The van der Waals surface area contributed by atoms with Crippen molar-refractivity contribution in [1.82, 2.24) is 25.3 Å². The topological polar surface area (TPSA) is 136 Å². The Morgan fingerprint density at radius 3 is 2.75 bits per heavy atom. The van der Waals surface area contributed by atoms with Gasteiger partial charge in [-0.3, -0.25) is 9.89 Å². The number of halogens is 2. The number of hydrogen-bond acceptors (Lipinski definition) is 7. The molecule has 2 aromatic heterocycles. The first-order chi connectivity index (χ1) is 11.5. The maximum Gasteiger partial charge on any atom is 0.239 e. The van der Waals surface area contributed by atoms with Crippen molar-refractivity contribution in [1.29, 1.82) is 0 Å². The summed E-state index contributed by atoms with van der Waals surface area (Å²) in [6.45, 7) is 0. The highest BCUT2D eigenvalue weighted by atomic mass is 35.5. The van der Waals surface area contributed by atoms with Gasteiger partial charge >= 0.3 is 0 Å². The predicted molar refractivity (Wildman–Crippen MR) is 87.5 cm³/mol. The number of benzene rings is 1. The summed E-state index contributed by atoms with van der Waals surface area (Å²) in [6, 6.07) is 3.05. The first-order valence-electron chi connectivity index (χ1n) is 6.75. The average molecular weight is 368 g/mol. The highest BCUT2D eigenvalue weighted by Gasteiger charge is 2.13. The van der Waals surface area contributed by atoms with E-state index < -0.39 is 0 Å². The molecule has 0 unspecified atom stereocenters. The van der Waals surface area contributed by atoms with Gasteiger partial charge < -0.3 is 15.6 Å². The Labute approximate surface area is 145 Å². The van der Waals surface area contributed by atoms with Crippen molar-refractivity contribution in [3.8, 4) is 11.6 Å². The van der Waals surface area contributed by atoms with Crippen LogP contribution in [0.5, 0.6) is 0 Å². The second kappa shape index (κ2) is 6.85. The van der Waals surface area contributed by atoms with Crippen molar-refractivity contribution in [2.75, 3.05) is 11.1 Å². The zero-order valence-corrected chi connectivity index (χ0v) is 13.6. The largest absolute Gasteiger partial charge is 0.396 e. The molecule has 0 saturated carbocycles. The van der Waals surface area contributed by atoms with Crippen molar-refractivity contribution < 1.29 is 9.32 Å². The van der Waals surface area contributed by atoms with Crippen LogP contribution in [0.15, 0.2) is 23.0 Å². The maximum atomic E-state index is 12.0. The number of carbonyl (C=O) groups excluding carboxylic acids is 1. The minimum atomic E-state index is -0.258. The number of H-pyrrole nitrogens is 1. The quantitative estimate of drug-likeness (QED) is 0.588. The molecule has 0 aliphatic rings. The Hall–Kier alpha value is -2.65. The fourth-order valence-corrected chi connectivity index (χ4v) is 2.35. The molecule has 0 atom stereocenters. The lowest BCUT2D eigenvalue weighted by molar-refractivity contribution is -0.116. The van der Waals surface area contributed by atoms with Gasteiger partial charge in [0.2, 0.25) is 17.6 Å². The number of anilines is 2. The van der Waals surface area contributed by atoms with Crippen molar-refractivity contribution in [2.24, 2.45) is 0 Å². The van der Waals surface area contributed by atoms with Gasteiger partial charge in [-0.2, -0.15) is 10.1 Å². The number of amides is 1. The summed E-state index contributed by atoms with van der Waals surface area (Å²) in [4.78, 5) is 20.0. The van der Waals surface area contributed by atoms with Crippen molar-refractivity contribution in [3.63, 3.8) is 0 Å². The van der Waals surface area contributed by atoms with E-state index in [9.17, 15) is 4.79 Å². The van der Waals surface area contributed by atoms with Gasteiger partial charge in [-0.1, -0.05) is 28.4 Å². The second-order valence-corrected chi connectivity index (χ2v) is 5.56. The van der Waals surface area contributed by atoms with E-state index in [0.717, 1.165) is 0 Å². The van der Waals surface area contributed by atoms with Crippen molar-refractivity contribution in [3.05, 3.63) is 34.4 Å². The minimum Gasteiger partial charge on any atom is -0.396 e. The molecule has 0 saturated heterocycles. The predicted octanol–water partition coefficient (Wildman–Crippen LogP) is 2.31. The first kappa shape index (κ1) is 16.2. The Morgan fingerprint density at radius 2 is 2.08 bits per heavy atom. The van der Waals surface area contributed by atoms with Gasteiger partial charge in [-0.15, -0.1) is 0 Å². The molecule has 9 nitrogen and oxygen atoms in total. The van der Waals surface area contributed by atoms with Gasteiger partial charge in [-0.05, 0) is 12.1 Å². The highest BCUT2D eigenvalue weighted by molar-refractivity contribution is 6.39. The van der Waals surface area contributed by atoms with E-state index in [-0.39, 0.29) is 40.3 Å². The van der Waals surface area contributed by atoms with Gasteiger partial charge in [0.15, 0.2) is 5.82 Å². The standard InChI is InChI=1S/C13H11Cl2N7O2/c14-7-3-6(4-8(15)11(7)16)19-9(23)1-2-10-20-13(22-24-10)12-17-5-18-21-12/h3-5H,1-2,16H2,(H,19,23)(H,17,18,21). The van der Waals surface area contributed by atoms with Crippen LogP contribution in [0.2, 0.25) is 10.0 Å². The number of nitrogens with zero attached hydrogens (tertiary/aromatic N) is 4. The summed E-state index contributed by atoms with van der Waals surface area (Å²) in [5, 5.41) is 13.3. The molecule has 4 N–H and O–H groups in total. The smallest absolute Gasteiger partial charge is 0.239 e. The molecule has 1 amide bonds. The molecule has 124 valence electrons. The van der Waals surface area contributed by atoms with Crippen LogP contribution >= 0.6 is 23.2 Å². The Balaban J connectivity index is 1.58. The van der Waals surface area contributed by atoms with Crippen LogP contribution in [0.4, 0.5) is 11.4 Å². The van der Waals surface area contributed by atoms with E-state index in [1.165, 1.54) is 18.5 Å². The molecule has 0 aliphatic heterocycles. The third kappa shape index (κ3) is 3.63. The lowest BCUT2D eigenvalue weighted by Crippen LogP contribution is -2.12. The summed E-state index contributed by atoms with van der Waals surface area (Å²) in [7, 11) is 0. The summed E-state index contributed by atoms with van der Waals surface area (Å²) in [6.07, 6.45) is 1.74. The number of nitrogen functional groups attached to an aromatic ring is 1. The lowest BCUT2D eigenvalue weighted by atomic mass is 10.2. The first-order valence-corrected chi connectivity index (χ1v) is 7.51. The lowest BCUT2D eigenvalue weighted by Gasteiger charge is -2.07.